The van der Waals surface area contributed by atoms with E-state index in [1.165, 1.54) is 44.9 Å². The fourth-order valence-corrected chi connectivity index (χ4v) is 4.59. The standard InChI is InChI=1S/C20H28N2O/c23-20(13-16-11-17-9-10-18(12-16)21-17)22(14-15-5-4-6-15)19-7-2-1-3-8-19/h1-3,7-8,15-18,21H,4-6,9-14H2. The van der Waals surface area contributed by atoms with Gasteiger partial charge >= 0.3 is 0 Å². The zero-order valence-corrected chi connectivity index (χ0v) is 13.9. The van der Waals surface area contributed by atoms with Gasteiger partial charge in [0, 0.05) is 30.7 Å². The van der Waals surface area contributed by atoms with Gasteiger partial charge in [-0.25, -0.2) is 0 Å². The van der Waals surface area contributed by atoms with E-state index in [0.29, 0.717) is 29.8 Å². The lowest BCUT2D eigenvalue weighted by molar-refractivity contribution is -0.120. The summed E-state index contributed by atoms with van der Waals surface area (Å²) in [5.74, 6) is 1.63. The van der Waals surface area contributed by atoms with E-state index < -0.39 is 0 Å². The smallest absolute Gasteiger partial charge is 0.227 e. The first-order chi connectivity index (χ1) is 11.3. The van der Waals surface area contributed by atoms with Crippen LogP contribution in [0.3, 0.4) is 0 Å². The number of carbonyl (C=O) groups is 1. The van der Waals surface area contributed by atoms with Crippen LogP contribution in [0.25, 0.3) is 0 Å². The van der Waals surface area contributed by atoms with E-state index in [2.05, 4.69) is 22.3 Å². The predicted octanol–water partition coefficient (Wildman–Crippen LogP) is 3.74. The van der Waals surface area contributed by atoms with E-state index in [0.717, 1.165) is 18.7 Å². The molecular weight excluding hydrogens is 284 g/mol. The monoisotopic (exact) mass is 312 g/mol. The minimum Gasteiger partial charge on any atom is -0.312 e. The Kier molecular flexibility index (Phi) is 4.39. The van der Waals surface area contributed by atoms with Crippen LogP contribution in [0.1, 0.15) is 51.4 Å². The number of piperidine rings is 1. The first-order valence-corrected chi connectivity index (χ1v) is 9.39. The highest BCUT2D eigenvalue weighted by molar-refractivity contribution is 5.93. The fraction of sp³-hybridized carbons (Fsp3) is 0.650. The molecule has 3 aliphatic rings. The average molecular weight is 312 g/mol. The van der Waals surface area contributed by atoms with Crippen molar-refractivity contribution >= 4 is 11.6 Å². The highest BCUT2D eigenvalue weighted by Crippen LogP contribution is 2.34. The van der Waals surface area contributed by atoms with Crippen molar-refractivity contribution in [3.63, 3.8) is 0 Å². The van der Waals surface area contributed by atoms with Crippen LogP contribution in [0, 0.1) is 11.8 Å². The van der Waals surface area contributed by atoms with Crippen molar-refractivity contribution in [1.29, 1.82) is 0 Å². The van der Waals surface area contributed by atoms with Crippen molar-refractivity contribution < 1.29 is 4.79 Å². The Bertz CT molecular complexity index is 528. The fourth-order valence-electron chi connectivity index (χ4n) is 4.59. The van der Waals surface area contributed by atoms with E-state index in [1.807, 2.05) is 18.2 Å². The van der Waals surface area contributed by atoms with Gasteiger partial charge in [0.2, 0.25) is 5.91 Å². The van der Waals surface area contributed by atoms with Crippen LogP contribution < -0.4 is 10.2 Å². The summed E-state index contributed by atoms with van der Waals surface area (Å²) in [5, 5.41) is 3.68. The molecule has 3 fully saturated rings. The summed E-state index contributed by atoms with van der Waals surface area (Å²) in [6.07, 6.45) is 9.62. The highest BCUT2D eigenvalue weighted by atomic mass is 16.2. The van der Waals surface area contributed by atoms with E-state index in [1.54, 1.807) is 0 Å². The molecule has 0 spiro atoms. The molecule has 2 heterocycles. The molecule has 0 radical (unpaired) electrons. The maximum absolute atomic E-state index is 13.0. The summed E-state index contributed by atoms with van der Waals surface area (Å²) >= 11 is 0. The maximum Gasteiger partial charge on any atom is 0.227 e. The molecule has 4 rings (SSSR count). The van der Waals surface area contributed by atoms with Gasteiger partial charge in [-0.3, -0.25) is 4.79 Å². The van der Waals surface area contributed by atoms with Crippen molar-refractivity contribution in [2.45, 2.75) is 63.5 Å². The quantitative estimate of drug-likeness (QED) is 0.898. The Labute approximate surface area is 139 Å². The lowest BCUT2D eigenvalue weighted by Gasteiger charge is -2.34. The van der Waals surface area contributed by atoms with Crippen LogP contribution in [-0.4, -0.2) is 24.5 Å². The summed E-state index contributed by atoms with van der Waals surface area (Å²) in [6, 6.07) is 11.6. The topological polar surface area (TPSA) is 32.3 Å². The lowest BCUT2D eigenvalue weighted by Crippen LogP contribution is -2.42. The average Bonchev–Trinajstić information content (AvgIpc) is 2.86. The van der Waals surface area contributed by atoms with Crippen LogP contribution in [-0.2, 0) is 4.79 Å². The number of anilines is 1. The van der Waals surface area contributed by atoms with E-state index in [9.17, 15) is 4.79 Å². The molecule has 124 valence electrons. The molecule has 2 bridgehead atoms. The van der Waals surface area contributed by atoms with Gasteiger partial charge in [0.1, 0.15) is 0 Å². The lowest BCUT2D eigenvalue weighted by atomic mass is 9.84. The third-order valence-electron chi connectivity index (χ3n) is 6.07. The second-order valence-electron chi connectivity index (χ2n) is 7.82. The van der Waals surface area contributed by atoms with E-state index in [-0.39, 0.29) is 0 Å². The van der Waals surface area contributed by atoms with Crippen LogP contribution in [0.5, 0.6) is 0 Å². The highest BCUT2D eigenvalue weighted by Gasteiger charge is 2.35. The van der Waals surface area contributed by atoms with Crippen LogP contribution in [0.15, 0.2) is 30.3 Å². The number of hydrogen-bond donors (Lipinski definition) is 1. The van der Waals surface area contributed by atoms with Crippen molar-refractivity contribution in [2.75, 3.05) is 11.4 Å². The molecule has 1 saturated carbocycles. The number of carbonyl (C=O) groups excluding carboxylic acids is 1. The van der Waals surface area contributed by atoms with Gasteiger partial charge in [-0.15, -0.1) is 0 Å². The predicted molar refractivity (Wildman–Crippen MR) is 93.4 cm³/mol. The minimum atomic E-state index is 0.342. The molecular formula is C20H28N2O. The number of rotatable bonds is 5. The van der Waals surface area contributed by atoms with Gasteiger partial charge in [-0.2, -0.15) is 0 Å². The van der Waals surface area contributed by atoms with Gasteiger partial charge in [-0.05, 0) is 62.5 Å². The first-order valence-electron chi connectivity index (χ1n) is 9.39. The van der Waals surface area contributed by atoms with Crippen molar-refractivity contribution in [3.8, 4) is 0 Å². The van der Waals surface area contributed by atoms with E-state index >= 15 is 0 Å². The van der Waals surface area contributed by atoms with Gasteiger partial charge in [0.25, 0.3) is 0 Å². The molecule has 2 saturated heterocycles. The van der Waals surface area contributed by atoms with Gasteiger partial charge in [0.15, 0.2) is 0 Å². The number of fused-ring (bicyclic) bond motifs is 2. The summed E-state index contributed by atoms with van der Waals surface area (Å²) < 4.78 is 0. The number of para-hydroxylation sites is 1. The Hall–Kier alpha value is -1.35. The molecule has 1 aromatic carbocycles. The third kappa shape index (κ3) is 3.45. The first kappa shape index (κ1) is 15.2. The second kappa shape index (κ2) is 6.64. The molecule has 2 atom stereocenters. The van der Waals surface area contributed by atoms with Crippen LogP contribution in [0.2, 0.25) is 0 Å². The molecule has 1 aliphatic carbocycles. The largest absolute Gasteiger partial charge is 0.312 e. The SMILES string of the molecule is O=C(CC1CC2CCC(C1)N2)N(CC1CCC1)c1ccccc1. The number of benzene rings is 1. The Morgan fingerprint density at radius 1 is 1.00 bits per heavy atom. The molecule has 2 unspecified atom stereocenters. The molecule has 1 amide bonds. The molecule has 23 heavy (non-hydrogen) atoms. The maximum atomic E-state index is 13.0. The van der Waals surface area contributed by atoms with Crippen molar-refractivity contribution in [1.82, 2.24) is 5.32 Å². The van der Waals surface area contributed by atoms with Crippen LogP contribution in [0.4, 0.5) is 5.69 Å². The molecule has 1 aromatic rings. The number of nitrogens with zero attached hydrogens (tertiary/aromatic N) is 1. The van der Waals surface area contributed by atoms with Gasteiger partial charge in [-0.1, -0.05) is 24.6 Å². The minimum absolute atomic E-state index is 0.342. The number of nitrogens with one attached hydrogen (secondary N) is 1. The third-order valence-corrected chi connectivity index (χ3v) is 6.07. The molecule has 3 heteroatoms. The Morgan fingerprint density at radius 2 is 1.70 bits per heavy atom. The van der Waals surface area contributed by atoms with E-state index in [4.69, 9.17) is 0 Å². The number of amides is 1. The van der Waals surface area contributed by atoms with Crippen LogP contribution >= 0.6 is 0 Å². The summed E-state index contributed by atoms with van der Waals surface area (Å²) in [6.45, 7) is 0.917. The summed E-state index contributed by atoms with van der Waals surface area (Å²) in [7, 11) is 0. The zero-order valence-electron chi connectivity index (χ0n) is 13.9. The van der Waals surface area contributed by atoms with Gasteiger partial charge in [0.05, 0.1) is 0 Å². The summed E-state index contributed by atoms with van der Waals surface area (Å²) in [4.78, 5) is 15.1. The zero-order chi connectivity index (χ0) is 15.6. The van der Waals surface area contributed by atoms with Crippen molar-refractivity contribution in [2.24, 2.45) is 11.8 Å². The number of hydrogen-bond acceptors (Lipinski definition) is 2. The normalized spacial score (nSPS) is 30.0. The Balaban J connectivity index is 1.43. The van der Waals surface area contributed by atoms with Gasteiger partial charge < -0.3 is 10.2 Å². The molecule has 1 N–H and O–H groups in total. The molecule has 0 aromatic heterocycles. The molecule has 3 nitrogen and oxygen atoms in total. The second-order valence-corrected chi connectivity index (χ2v) is 7.82. The van der Waals surface area contributed by atoms with Crippen molar-refractivity contribution in [3.05, 3.63) is 30.3 Å². The summed E-state index contributed by atoms with van der Waals surface area (Å²) in [5.41, 5.74) is 1.08. The Morgan fingerprint density at radius 3 is 2.30 bits per heavy atom. The molecule has 2 aliphatic heterocycles.